The predicted molar refractivity (Wildman–Crippen MR) is 136 cm³/mol. The number of ether oxygens (including phenoxy) is 2. The standard InChI is InChI=1S/C28H40O4Si/c1-28(2,3)33(5,6)32-26(20-31-25-10-8-7-9-11-25)24-17-14-22(19-24)18-21-12-15-23(16-13-21)27(29)30-4/h7-13,15-16,22,24,26H,14,17-20H2,1-6H3/t22?,24-,26+/m0/s1. The van der Waals surface area contributed by atoms with Crippen LogP contribution in [0.5, 0.6) is 5.75 Å². The number of methoxy groups -OCH3 is 1. The molecule has 0 spiro atoms. The Morgan fingerprint density at radius 3 is 2.30 bits per heavy atom. The maximum absolute atomic E-state index is 11.7. The lowest BCUT2D eigenvalue weighted by Gasteiger charge is -2.41. The number of hydrogen-bond donors (Lipinski definition) is 0. The van der Waals surface area contributed by atoms with Gasteiger partial charge in [-0.3, -0.25) is 0 Å². The van der Waals surface area contributed by atoms with Gasteiger partial charge in [0.05, 0.1) is 18.8 Å². The van der Waals surface area contributed by atoms with Crippen LogP contribution in [0.3, 0.4) is 0 Å². The van der Waals surface area contributed by atoms with E-state index in [4.69, 9.17) is 13.9 Å². The molecule has 1 unspecified atom stereocenters. The fraction of sp³-hybridized carbons (Fsp3) is 0.536. The minimum absolute atomic E-state index is 0.109. The van der Waals surface area contributed by atoms with E-state index in [9.17, 15) is 4.79 Å². The lowest BCUT2D eigenvalue weighted by atomic mass is 9.94. The zero-order chi connectivity index (χ0) is 24.1. The first-order chi connectivity index (χ1) is 15.6. The molecule has 3 atom stereocenters. The molecular weight excluding hydrogens is 428 g/mol. The highest BCUT2D eigenvalue weighted by Crippen LogP contribution is 2.42. The summed E-state index contributed by atoms with van der Waals surface area (Å²) >= 11 is 0. The zero-order valence-corrected chi connectivity index (χ0v) is 22.1. The molecule has 0 aromatic heterocycles. The van der Waals surface area contributed by atoms with Gasteiger partial charge in [-0.15, -0.1) is 0 Å². The number of hydrogen-bond acceptors (Lipinski definition) is 4. The number of benzene rings is 2. The van der Waals surface area contributed by atoms with Crippen molar-refractivity contribution in [2.75, 3.05) is 13.7 Å². The Morgan fingerprint density at radius 1 is 1.03 bits per heavy atom. The number of carbonyl (C=O) groups excluding carboxylic acids is 1. The van der Waals surface area contributed by atoms with Crippen molar-refractivity contribution in [1.29, 1.82) is 0 Å². The van der Waals surface area contributed by atoms with Gasteiger partial charge in [0, 0.05) is 0 Å². The molecule has 1 saturated carbocycles. The molecule has 180 valence electrons. The van der Waals surface area contributed by atoms with E-state index in [0.717, 1.165) is 18.6 Å². The highest BCUT2D eigenvalue weighted by molar-refractivity contribution is 6.74. The predicted octanol–water partition coefficient (Wildman–Crippen LogP) is 6.90. The summed E-state index contributed by atoms with van der Waals surface area (Å²) in [7, 11) is -0.499. The zero-order valence-electron chi connectivity index (χ0n) is 21.1. The summed E-state index contributed by atoms with van der Waals surface area (Å²) in [5, 5.41) is 0.164. The van der Waals surface area contributed by atoms with E-state index in [-0.39, 0.29) is 17.1 Å². The smallest absolute Gasteiger partial charge is 0.337 e. The number of esters is 1. The second kappa shape index (κ2) is 10.9. The molecule has 1 fully saturated rings. The summed E-state index contributed by atoms with van der Waals surface area (Å²) < 4.78 is 17.9. The lowest BCUT2D eigenvalue weighted by Crippen LogP contribution is -2.47. The van der Waals surface area contributed by atoms with Crippen molar-refractivity contribution in [2.24, 2.45) is 11.8 Å². The van der Waals surface area contributed by atoms with Crippen LogP contribution in [0, 0.1) is 11.8 Å². The summed E-state index contributed by atoms with van der Waals surface area (Å²) in [4.78, 5) is 11.7. The lowest BCUT2D eigenvalue weighted by molar-refractivity contribution is 0.0600. The fourth-order valence-electron chi connectivity index (χ4n) is 4.38. The highest BCUT2D eigenvalue weighted by Gasteiger charge is 2.42. The van der Waals surface area contributed by atoms with Crippen molar-refractivity contribution in [3.8, 4) is 5.75 Å². The summed E-state index contributed by atoms with van der Waals surface area (Å²) in [6.45, 7) is 12.1. The molecule has 0 saturated heterocycles. The molecule has 0 N–H and O–H groups in total. The van der Waals surface area contributed by atoms with E-state index < -0.39 is 8.32 Å². The molecule has 5 heteroatoms. The van der Waals surface area contributed by atoms with E-state index in [1.165, 1.54) is 25.5 Å². The first kappa shape index (κ1) is 25.5. The molecule has 3 rings (SSSR count). The second-order valence-electron chi connectivity index (χ2n) is 10.9. The van der Waals surface area contributed by atoms with Crippen LogP contribution in [0.2, 0.25) is 18.1 Å². The molecule has 0 amide bonds. The van der Waals surface area contributed by atoms with Gasteiger partial charge in [0.25, 0.3) is 0 Å². The van der Waals surface area contributed by atoms with Crippen molar-refractivity contribution in [3.63, 3.8) is 0 Å². The summed E-state index contributed by atoms with van der Waals surface area (Å²) in [5.41, 5.74) is 1.88. The quantitative estimate of drug-likeness (QED) is 0.296. The van der Waals surface area contributed by atoms with E-state index in [2.05, 4.69) is 46.0 Å². The molecule has 4 nitrogen and oxygen atoms in total. The van der Waals surface area contributed by atoms with Gasteiger partial charge in [-0.2, -0.15) is 0 Å². The second-order valence-corrected chi connectivity index (χ2v) is 15.6. The van der Waals surface area contributed by atoms with Gasteiger partial charge in [0.2, 0.25) is 0 Å². The molecule has 0 aliphatic heterocycles. The van der Waals surface area contributed by atoms with Crippen LogP contribution in [0.1, 0.15) is 56.0 Å². The van der Waals surface area contributed by atoms with Crippen molar-refractivity contribution in [1.82, 2.24) is 0 Å². The van der Waals surface area contributed by atoms with Gasteiger partial charge in [0.15, 0.2) is 8.32 Å². The Balaban J connectivity index is 1.65. The van der Waals surface area contributed by atoms with Crippen LogP contribution in [0.15, 0.2) is 54.6 Å². The Labute approximate surface area is 200 Å². The van der Waals surface area contributed by atoms with Crippen LogP contribution in [0.25, 0.3) is 0 Å². The topological polar surface area (TPSA) is 44.8 Å². The average Bonchev–Trinajstić information content (AvgIpc) is 3.25. The summed E-state index contributed by atoms with van der Waals surface area (Å²) in [6.07, 6.45) is 4.66. The summed E-state index contributed by atoms with van der Waals surface area (Å²) in [6, 6.07) is 17.9. The normalized spacial score (nSPS) is 19.8. The van der Waals surface area contributed by atoms with Crippen LogP contribution in [-0.4, -0.2) is 34.1 Å². The third-order valence-electron chi connectivity index (χ3n) is 7.42. The maximum atomic E-state index is 11.7. The monoisotopic (exact) mass is 468 g/mol. The Morgan fingerprint density at radius 2 is 1.70 bits per heavy atom. The van der Waals surface area contributed by atoms with Crippen molar-refractivity contribution in [3.05, 3.63) is 65.7 Å². The number of para-hydroxylation sites is 1. The molecular formula is C28H40O4Si. The average molecular weight is 469 g/mol. The van der Waals surface area contributed by atoms with E-state index in [1.54, 1.807) is 0 Å². The molecule has 0 radical (unpaired) electrons. The minimum atomic E-state index is -1.91. The molecule has 2 aromatic carbocycles. The third kappa shape index (κ3) is 6.94. The molecule has 0 bridgehead atoms. The van der Waals surface area contributed by atoms with Crippen LogP contribution in [0.4, 0.5) is 0 Å². The Kier molecular flexibility index (Phi) is 8.41. The maximum Gasteiger partial charge on any atom is 0.337 e. The van der Waals surface area contributed by atoms with Crippen molar-refractivity contribution in [2.45, 2.75) is 70.7 Å². The molecule has 1 aliphatic rings. The highest BCUT2D eigenvalue weighted by atomic mass is 28.4. The SMILES string of the molecule is COC(=O)c1ccc(CC2CC[C@H]([C@@H](COc3ccccc3)O[Si](C)(C)C(C)(C)C)C2)cc1. The summed E-state index contributed by atoms with van der Waals surface area (Å²) in [5.74, 6) is 1.75. The first-order valence-corrected chi connectivity index (χ1v) is 15.0. The Hall–Kier alpha value is -2.11. The van der Waals surface area contributed by atoms with Crippen LogP contribution < -0.4 is 4.74 Å². The fourth-order valence-corrected chi connectivity index (χ4v) is 5.75. The van der Waals surface area contributed by atoms with E-state index in [0.29, 0.717) is 24.0 Å². The molecule has 0 heterocycles. The minimum Gasteiger partial charge on any atom is -0.491 e. The largest absolute Gasteiger partial charge is 0.491 e. The van der Waals surface area contributed by atoms with Crippen LogP contribution in [-0.2, 0) is 15.6 Å². The van der Waals surface area contributed by atoms with Gasteiger partial charge in [-0.25, -0.2) is 4.79 Å². The third-order valence-corrected chi connectivity index (χ3v) is 11.9. The van der Waals surface area contributed by atoms with Crippen molar-refractivity contribution >= 4 is 14.3 Å². The molecule has 33 heavy (non-hydrogen) atoms. The van der Waals surface area contributed by atoms with Crippen molar-refractivity contribution < 1.29 is 18.7 Å². The van der Waals surface area contributed by atoms with E-state index in [1.807, 2.05) is 42.5 Å². The van der Waals surface area contributed by atoms with Gasteiger partial charge in [-0.05, 0) is 85.5 Å². The Bertz CT molecular complexity index is 886. The number of carbonyl (C=O) groups is 1. The van der Waals surface area contributed by atoms with Gasteiger partial charge in [0.1, 0.15) is 12.4 Å². The molecule has 1 aliphatic carbocycles. The van der Waals surface area contributed by atoms with Gasteiger partial charge >= 0.3 is 5.97 Å². The number of rotatable bonds is 9. The van der Waals surface area contributed by atoms with Gasteiger partial charge < -0.3 is 13.9 Å². The van der Waals surface area contributed by atoms with E-state index >= 15 is 0 Å². The van der Waals surface area contributed by atoms with Gasteiger partial charge in [-0.1, -0.05) is 51.1 Å². The first-order valence-electron chi connectivity index (χ1n) is 12.1. The van der Waals surface area contributed by atoms with Crippen LogP contribution >= 0.6 is 0 Å². The molecule has 2 aromatic rings.